The Morgan fingerprint density at radius 1 is 1.47 bits per heavy atom. The zero-order chi connectivity index (χ0) is 14.6. The second-order valence-corrected chi connectivity index (χ2v) is 5.80. The van der Waals surface area contributed by atoms with Gasteiger partial charge in [-0.2, -0.15) is 0 Å². The number of aliphatic hydroxyl groups is 1. The fourth-order valence-electron chi connectivity index (χ4n) is 1.73. The highest BCUT2D eigenvalue weighted by Gasteiger charge is 2.26. The van der Waals surface area contributed by atoms with Gasteiger partial charge in [0.25, 0.3) is 0 Å². The predicted molar refractivity (Wildman–Crippen MR) is 74.8 cm³/mol. The number of halogens is 1. The zero-order valence-corrected chi connectivity index (χ0v) is 12.0. The lowest BCUT2D eigenvalue weighted by atomic mass is 9.85. The van der Waals surface area contributed by atoms with Crippen molar-refractivity contribution in [1.29, 1.82) is 0 Å². The summed E-state index contributed by atoms with van der Waals surface area (Å²) >= 11 is 5.80. The molecule has 106 valence electrons. The monoisotopic (exact) mass is 286 g/mol. The fourth-order valence-corrected chi connectivity index (χ4v) is 1.88. The van der Waals surface area contributed by atoms with Crippen LogP contribution in [0.5, 0.6) is 0 Å². The summed E-state index contributed by atoms with van der Waals surface area (Å²) in [4.78, 5) is 15.2. The van der Waals surface area contributed by atoms with Crippen LogP contribution in [0, 0.1) is 5.41 Å². The lowest BCUT2D eigenvalue weighted by Gasteiger charge is -2.32. The van der Waals surface area contributed by atoms with Crippen LogP contribution in [0.2, 0.25) is 5.15 Å². The number of carboxylic acids is 1. The second kappa shape index (κ2) is 6.21. The number of hydrogen-bond donors (Lipinski definition) is 3. The van der Waals surface area contributed by atoms with Crippen LogP contribution in [-0.4, -0.2) is 33.8 Å². The maximum Gasteiger partial charge on any atom is 0.339 e. The van der Waals surface area contributed by atoms with Crippen LogP contribution in [0.25, 0.3) is 0 Å². The van der Waals surface area contributed by atoms with Gasteiger partial charge in [-0.25, -0.2) is 9.78 Å². The van der Waals surface area contributed by atoms with Gasteiger partial charge in [0.1, 0.15) is 16.5 Å². The summed E-state index contributed by atoms with van der Waals surface area (Å²) in [6.07, 6.45) is 0.497. The molecule has 1 rings (SSSR count). The lowest BCUT2D eigenvalue weighted by molar-refractivity contribution is 0.0697. The number of rotatable bonds is 5. The molecule has 1 aromatic heterocycles. The first-order valence-corrected chi connectivity index (χ1v) is 6.40. The largest absolute Gasteiger partial charge is 0.478 e. The number of aromatic carboxylic acids is 1. The van der Waals surface area contributed by atoms with E-state index in [4.69, 9.17) is 21.8 Å². The van der Waals surface area contributed by atoms with Crippen LogP contribution in [0.4, 0.5) is 5.82 Å². The van der Waals surface area contributed by atoms with E-state index in [1.807, 2.05) is 20.8 Å². The van der Waals surface area contributed by atoms with E-state index in [-0.39, 0.29) is 34.6 Å². The molecule has 0 aromatic carbocycles. The van der Waals surface area contributed by atoms with E-state index in [9.17, 15) is 4.79 Å². The van der Waals surface area contributed by atoms with Crippen molar-refractivity contribution in [3.05, 3.63) is 22.8 Å². The van der Waals surface area contributed by atoms with E-state index >= 15 is 0 Å². The van der Waals surface area contributed by atoms with E-state index in [0.717, 1.165) is 0 Å². The van der Waals surface area contributed by atoms with Gasteiger partial charge in [-0.3, -0.25) is 0 Å². The molecule has 19 heavy (non-hydrogen) atoms. The average molecular weight is 287 g/mol. The van der Waals surface area contributed by atoms with Crippen molar-refractivity contribution < 1.29 is 15.0 Å². The van der Waals surface area contributed by atoms with Crippen LogP contribution >= 0.6 is 11.6 Å². The number of pyridine rings is 1. The van der Waals surface area contributed by atoms with Crippen LogP contribution in [0.1, 0.15) is 37.6 Å². The van der Waals surface area contributed by atoms with Gasteiger partial charge in [0.05, 0.1) is 0 Å². The lowest BCUT2D eigenvalue weighted by Crippen LogP contribution is -2.35. The summed E-state index contributed by atoms with van der Waals surface area (Å²) in [6, 6.07) is 2.74. The minimum atomic E-state index is -1.07. The molecule has 0 aliphatic carbocycles. The van der Waals surface area contributed by atoms with Crippen molar-refractivity contribution in [2.24, 2.45) is 5.41 Å². The van der Waals surface area contributed by atoms with E-state index in [0.29, 0.717) is 6.42 Å². The molecule has 0 fully saturated rings. The molecule has 1 atom stereocenters. The molecule has 0 aliphatic rings. The predicted octanol–water partition coefficient (Wildman–Crippen LogP) is 2.64. The SMILES string of the molecule is CC(C)(C)C(CCO)Nc1nc(Cl)ccc1C(=O)O. The van der Waals surface area contributed by atoms with Crippen molar-refractivity contribution >= 4 is 23.4 Å². The molecule has 1 aromatic rings. The molecule has 3 N–H and O–H groups in total. The Balaban J connectivity index is 3.08. The summed E-state index contributed by atoms with van der Waals surface area (Å²) in [5.74, 6) is -0.836. The quantitative estimate of drug-likeness (QED) is 0.725. The molecule has 1 unspecified atom stereocenters. The van der Waals surface area contributed by atoms with Crippen molar-refractivity contribution in [2.75, 3.05) is 11.9 Å². The number of aromatic nitrogens is 1. The molecule has 0 aliphatic heterocycles. The summed E-state index contributed by atoms with van der Waals surface area (Å²) < 4.78 is 0. The first-order valence-electron chi connectivity index (χ1n) is 6.03. The Morgan fingerprint density at radius 3 is 2.58 bits per heavy atom. The number of carboxylic acid groups (broad SMARTS) is 1. The number of carbonyl (C=O) groups is 1. The molecule has 1 heterocycles. The topological polar surface area (TPSA) is 82.5 Å². The molecule has 5 nitrogen and oxygen atoms in total. The van der Waals surface area contributed by atoms with Crippen LogP contribution < -0.4 is 5.32 Å². The first kappa shape index (κ1) is 15.7. The molecule has 0 bridgehead atoms. The first-order chi connectivity index (χ1) is 8.75. The van der Waals surface area contributed by atoms with Gasteiger partial charge >= 0.3 is 5.97 Å². The minimum absolute atomic E-state index is 0.0118. The number of hydrogen-bond acceptors (Lipinski definition) is 4. The molecular weight excluding hydrogens is 268 g/mol. The van der Waals surface area contributed by atoms with Crippen molar-refractivity contribution in [2.45, 2.75) is 33.2 Å². The Kier molecular flexibility index (Phi) is 5.14. The van der Waals surface area contributed by atoms with E-state index in [1.54, 1.807) is 0 Å². The highest BCUT2D eigenvalue weighted by atomic mass is 35.5. The second-order valence-electron chi connectivity index (χ2n) is 5.41. The van der Waals surface area contributed by atoms with Gasteiger partial charge in [-0.1, -0.05) is 32.4 Å². The molecule has 6 heteroatoms. The third kappa shape index (κ3) is 4.36. The van der Waals surface area contributed by atoms with Gasteiger partial charge < -0.3 is 15.5 Å². The van der Waals surface area contributed by atoms with E-state index in [2.05, 4.69) is 10.3 Å². The standard InChI is InChI=1S/C13H19ClN2O3/c1-13(2,3)9(6-7-17)15-11-8(12(18)19)4-5-10(14)16-11/h4-5,9,17H,6-7H2,1-3H3,(H,15,16)(H,18,19). The summed E-state index contributed by atoms with van der Waals surface area (Å²) in [6.45, 7) is 6.03. The van der Waals surface area contributed by atoms with Crippen LogP contribution in [0.3, 0.4) is 0 Å². The number of nitrogens with zero attached hydrogens (tertiary/aromatic N) is 1. The summed E-state index contributed by atoms with van der Waals surface area (Å²) in [5.41, 5.74) is -0.0840. The van der Waals surface area contributed by atoms with Crippen LogP contribution in [-0.2, 0) is 0 Å². The van der Waals surface area contributed by atoms with Crippen molar-refractivity contribution in [3.8, 4) is 0 Å². The van der Waals surface area contributed by atoms with Crippen molar-refractivity contribution in [3.63, 3.8) is 0 Å². The van der Waals surface area contributed by atoms with E-state index in [1.165, 1.54) is 12.1 Å². The number of anilines is 1. The molecule has 0 saturated heterocycles. The third-order valence-electron chi connectivity index (χ3n) is 2.87. The maximum absolute atomic E-state index is 11.1. The molecule has 0 radical (unpaired) electrons. The number of nitrogens with one attached hydrogen (secondary N) is 1. The van der Waals surface area contributed by atoms with Gasteiger partial charge in [0, 0.05) is 12.6 Å². The van der Waals surface area contributed by atoms with Gasteiger partial charge in [0.2, 0.25) is 0 Å². The highest BCUT2D eigenvalue weighted by Crippen LogP contribution is 2.27. The highest BCUT2D eigenvalue weighted by molar-refractivity contribution is 6.29. The molecule has 0 saturated carbocycles. The Bertz CT molecular complexity index is 458. The van der Waals surface area contributed by atoms with Gasteiger partial charge in [0.15, 0.2) is 0 Å². The fraction of sp³-hybridized carbons (Fsp3) is 0.538. The average Bonchev–Trinajstić information content (AvgIpc) is 2.26. The maximum atomic E-state index is 11.1. The number of aliphatic hydroxyl groups excluding tert-OH is 1. The Labute approximate surface area is 117 Å². The minimum Gasteiger partial charge on any atom is -0.478 e. The third-order valence-corrected chi connectivity index (χ3v) is 3.08. The van der Waals surface area contributed by atoms with Crippen molar-refractivity contribution in [1.82, 2.24) is 4.98 Å². The summed E-state index contributed by atoms with van der Waals surface area (Å²) in [5, 5.41) is 21.5. The summed E-state index contributed by atoms with van der Waals surface area (Å²) in [7, 11) is 0. The van der Waals surface area contributed by atoms with Crippen LogP contribution in [0.15, 0.2) is 12.1 Å². The smallest absolute Gasteiger partial charge is 0.339 e. The molecule has 0 spiro atoms. The zero-order valence-electron chi connectivity index (χ0n) is 11.3. The molecule has 0 amide bonds. The van der Waals surface area contributed by atoms with Gasteiger partial charge in [-0.05, 0) is 24.0 Å². The normalized spacial score (nSPS) is 13.1. The van der Waals surface area contributed by atoms with E-state index < -0.39 is 5.97 Å². The Morgan fingerprint density at radius 2 is 2.11 bits per heavy atom. The van der Waals surface area contributed by atoms with Gasteiger partial charge in [-0.15, -0.1) is 0 Å². The Hall–Kier alpha value is -1.33. The molecular formula is C13H19ClN2O3.